The molecule has 20 heavy (non-hydrogen) atoms. The van der Waals surface area contributed by atoms with Gasteiger partial charge in [-0.05, 0) is 49.9 Å². The highest BCUT2D eigenvalue weighted by Gasteiger charge is 2.26. The first-order chi connectivity index (χ1) is 9.83. The van der Waals surface area contributed by atoms with E-state index < -0.39 is 0 Å². The Morgan fingerprint density at radius 1 is 1.30 bits per heavy atom. The maximum Gasteiger partial charge on any atom is 0.226 e. The monoisotopic (exact) mass is 274 g/mol. The molecule has 1 amide bonds. The molecule has 2 aliphatic rings. The molecule has 4 heteroatoms. The highest BCUT2D eigenvalue weighted by atomic mass is 16.5. The maximum absolute atomic E-state index is 12.2. The van der Waals surface area contributed by atoms with Gasteiger partial charge < -0.3 is 15.4 Å². The van der Waals surface area contributed by atoms with Crippen LogP contribution in [0.15, 0.2) is 24.3 Å². The van der Waals surface area contributed by atoms with Gasteiger partial charge in [-0.25, -0.2) is 0 Å². The second-order valence-corrected chi connectivity index (χ2v) is 5.76. The molecule has 0 saturated carbocycles. The number of nitrogens with one attached hydrogen (secondary N) is 2. The molecule has 3 rings (SSSR count). The van der Waals surface area contributed by atoms with Crippen LogP contribution in [0.5, 0.6) is 5.75 Å². The largest absolute Gasteiger partial charge is 0.492 e. The molecule has 108 valence electrons. The molecule has 4 nitrogen and oxygen atoms in total. The van der Waals surface area contributed by atoms with Crippen LogP contribution in [0.3, 0.4) is 0 Å². The van der Waals surface area contributed by atoms with E-state index in [2.05, 4.69) is 10.6 Å². The zero-order valence-electron chi connectivity index (χ0n) is 11.7. The molecule has 0 spiro atoms. The van der Waals surface area contributed by atoms with Gasteiger partial charge in [-0.15, -0.1) is 0 Å². The minimum atomic E-state index is -0.0494. The number of carbonyl (C=O) groups is 1. The van der Waals surface area contributed by atoms with Crippen molar-refractivity contribution in [1.82, 2.24) is 10.6 Å². The van der Waals surface area contributed by atoms with Crippen LogP contribution in [-0.2, 0) is 11.2 Å². The summed E-state index contributed by atoms with van der Waals surface area (Å²) in [5.74, 6) is 1.64. The Bertz CT molecular complexity index is 469. The standard InChI is InChI=1S/C16H22N2O2/c19-16(18-10-12-5-7-17-8-6-12)14-9-13-3-1-2-4-15(13)20-11-14/h1-4,12,14,17H,5-11H2,(H,18,19). The summed E-state index contributed by atoms with van der Waals surface area (Å²) in [7, 11) is 0. The van der Waals surface area contributed by atoms with E-state index in [4.69, 9.17) is 4.74 Å². The molecule has 2 N–H and O–H groups in total. The minimum Gasteiger partial charge on any atom is -0.492 e. The van der Waals surface area contributed by atoms with Crippen molar-refractivity contribution >= 4 is 5.91 Å². The first-order valence-electron chi connectivity index (χ1n) is 7.52. The van der Waals surface area contributed by atoms with Crippen LogP contribution in [0.1, 0.15) is 18.4 Å². The van der Waals surface area contributed by atoms with E-state index in [1.54, 1.807) is 0 Å². The molecule has 2 aliphatic heterocycles. The number of piperidine rings is 1. The van der Waals surface area contributed by atoms with Crippen LogP contribution in [0.2, 0.25) is 0 Å². The van der Waals surface area contributed by atoms with Crippen molar-refractivity contribution in [3.05, 3.63) is 29.8 Å². The highest BCUT2D eigenvalue weighted by Crippen LogP contribution is 2.26. The van der Waals surface area contributed by atoms with Gasteiger partial charge in [0, 0.05) is 6.54 Å². The van der Waals surface area contributed by atoms with Crippen LogP contribution in [-0.4, -0.2) is 32.1 Å². The van der Waals surface area contributed by atoms with Crippen molar-refractivity contribution in [2.75, 3.05) is 26.2 Å². The molecule has 1 aromatic rings. The Hall–Kier alpha value is -1.55. The molecule has 1 unspecified atom stereocenters. The topological polar surface area (TPSA) is 50.4 Å². The van der Waals surface area contributed by atoms with Gasteiger partial charge in [0.1, 0.15) is 12.4 Å². The third-order valence-corrected chi connectivity index (χ3v) is 4.27. The van der Waals surface area contributed by atoms with E-state index in [9.17, 15) is 4.79 Å². The van der Waals surface area contributed by atoms with Gasteiger partial charge in [-0.1, -0.05) is 18.2 Å². The molecule has 1 saturated heterocycles. The van der Waals surface area contributed by atoms with Crippen molar-refractivity contribution in [1.29, 1.82) is 0 Å². The SMILES string of the molecule is O=C(NCC1CCNCC1)C1COc2ccccc2C1. The zero-order chi connectivity index (χ0) is 13.8. The number of para-hydroxylation sites is 1. The lowest BCUT2D eigenvalue weighted by molar-refractivity contribution is -0.126. The number of amides is 1. The van der Waals surface area contributed by atoms with Gasteiger partial charge in [0.05, 0.1) is 5.92 Å². The third-order valence-electron chi connectivity index (χ3n) is 4.27. The summed E-state index contributed by atoms with van der Waals surface area (Å²) < 4.78 is 5.68. The fourth-order valence-corrected chi connectivity index (χ4v) is 2.97. The lowest BCUT2D eigenvalue weighted by Gasteiger charge is -2.26. The van der Waals surface area contributed by atoms with Gasteiger partial charge >= 0.3 is 0 Å². The molecule has 2 heterocycles. The van der Waals surface area contributed by atoms with Crippen LogP contribution < -0.4 is 15.4 Å². The van der Waals surface area contributed by atoms with E-state index in [0.29, 0.717) is 12.5 Å². The smallest absolute Gasteiger partial charge is 0.226 e. The molecule has 0 aromatic heterocycles. The van der Waals surface area contributed by atoms with Crippen molar-refractivity contribution in [3.63, 3.8) is 0 Å². The van der Waals surface area contributed by atoms with Crippen molar-refractivity contribution in [3.8, 4) is 5.75 Å². The number of fused-ring (bicyclic) bond motifs is 1. The molecular weight excluding hydrogens is 252 g/mol. The van der Waals surface area contributed by atoms with E-state index in [1.807, 2.05) is 24.3 Å². The molecule has 1 fully saturated rings. The molecule has 1 aromatic carbocycles. The minimum absolute atomic E-state index is 0.0494. The molecule has 0 aliphatic carbocycles. The number of hydrogen-bond acceptors (Lipinski definition) is 3. The van der Waals surface area contributed by atoms with Crippen molar-refractivity contribution in [2.45, 2.75) is 19.3 Å². The van der Waals surface area contributed by atoms with Gasteiger partial charge in [0.2, 0.25) is 5.91 Å². The quantitative estimate of drug-likeness (QED) is 0.875. The molecular formula is C16H22N2O2. The Kier molecular flexibility index (Phi) is 4.21. The predicted molar refractivity (Wildman–Crippen MR) is 77.7 cm³/mol. The summed E-state index contributed by atoms with van der Waals surface area (Å²) in [6.07, 6.45) is 3.10. The summed E-state index contributed by atoms with van der Waals surface area (Å²) in [6.45, 7) is 3.44. The Morgan fingerprint density at radius 2 is 2.10 bits per heavy atom. The van der Waals surface area contributed by atoms with Crippen LogP contribution in [0.4, 0.5) is 0 Å². The maximum atomic E-state index is 12.2. The lowest BCUT2D eigenvalue weighted by Crippen LogP contribution is -2.41. The normalized spacial score (nSPS) is 22.7. The van der Waals surface area contributed by atoms with Gasteiger partial charge in [0.15, 0.2) is 0 Å². The average Bonchev–Trinajstić information content (AvgIpc) is 2.53. The van der Waals surface area contributed by atoms with Crippen molar-refractivity contribution in [2.24, 2.45) is 11.8 Å². The summed E-state index contributed by atoms with van der Waals surface area (Å²) >= 11 is 0. The van der Waals surface area contributed by atoms with Gasteiger partial charge in [-0.2, -0.15) is 0 Å². The number of rotatable bonds is 3. The number of hydrogen-bond donors (Lipinski definition) is 2. The first-order valence-corrected chi connectivity index (χ1v) is 7.52. The Morgan fingerprint density at radius 3 is 2.95 bits per heavy atom. The highest BCUT2D eigenvalue weighted by molar-refractivity contribution is 5.79. The zero-order valence-corrected chi connectivity index (χ0v) is 11.7. The lowest BCUT2D eigenvalue weighted by atomic mass is 9.95. The van der Waals surface area contributed by atoms with Crippen LogP contribution in [0.25, 0.3) is 0 Å². The molecule has 0 bridgehead atoms. The summed E-state index contributed by atoms with van der Waals surface area (Å²) in [4.78, 5) is 12.2. The van der Waals surface area contributed by atoms with E-state index in [-0.39, 0.29) is 11.8 Å². The summed E-state index contributed by atoms with van der Waals surface area (Å²) in [5.41, 5.74) is 1.14. The fraction of sp³-hybridized carbons (Fsp3) is 0.562. The second-order valence-electron chi connectivity index (χ2n) is 5.76. The first kappa shape index (κ1) is 13.4. The van der Waals surface area contributed by atoms with Crippen molar-refractivity contribution < 1.29 is 9.53 Å². The Balaban J connectivity index is 1.51. The number of benzene rings is 1. The van der Waals surface area contributed by atoms with E-state index in [0.717, 1.165) is 50.2 Å². The number of carbonyl (C=O) groups excluding carboxylic acids is 1. The predicted octanol–water partition coefficient (Wildman–Crippen LogP) is 1.35. The molecule has 0 radical (unpaired) electrons. The van der Waals surface area contributed by atoms with E-state index in [1.165, 1.54) is 0 Å². The third kappa shape index (κ3) is 3.12. The fourth-order valence-electron chi connectivity index (χ4n) is 2.97. The van der Waals surface area contributed by atoms with Gasteiger partial charge in [0.25, 0.3) is 0 Å². The molecule has 1 atom stereocenters. The second kappa shape index (κ2) is 6.27. The summed E-state index contributed by atoms with van der Waals surface area (Å²) in [5, 5.41) is 6.45. The van der Waals surface area contributed by atoms with Gasteiger partial charge in [-0.3, -0.25) is 4.79 Å². The Labute approximate surface area is 119 Å². The van der Waals surface area contributed by atoms with E-state index >= 15 is 0 Å². The van der Waals surface area contributed by atoms with Crippen LogP contribution in [0, 0.1) is 11.8 Å². The summed E-state index contributed by atoms with van der Waals surface area (Å²) in [6, 6.07) is 7.98. The average molecular weight is 274 g/mol. The number of ether oxygens (including phenoxy) is 1. The van der Waals surface area contributed by atoms with Crippen LogP contribution >= 0.6 is 0 Å².